The molecule has 1 heterocycles. The Hall–Kier alpha value is -1.68. The molecule has 2 amide bonds. The van der Waals surface area contributed by atoms with Gasteiger partial charge in [-0.25, -0.2) is 0 Å². The second-order valence-corrected chi connectivity index (χ2v) is 5.73. The van der Waals surface area contributed by atoms with Crippen molar-refractivity contribution in [3.05, 3.63) is 35.4 Å². The highest BCUT2D eigenvalue weighted by Crippen LogP contribution is 2.32. The van der Waals surface area contributed by atoms with Gasteiger partial charge < -0.3 is 0 Å². The van der Waals surface area contributed by atoms with Crippen LogP contribution < -0.4 is 5.32 Å². The minimum absolute atomic E-state index is 0.0932. The summed E-state index contributed by atoms with van der Waals surface area (Å²) < 4.78 is 0. The van der Waals surface area contributed by atoms with Gasteiger partial charge >= 0.3 is 0 Å². The van der Waals surface area contributed by atoms with Crippen molar-refractivity contribution < 1.29 is 9.59 Å². The van der Waals surface area contributed by atoms with Gasteiger partial charge in [0.05, 0.1) is 12.6 Å². The Bertz CT molecular complexity index is 541. The molecule has 4 heteroatoms. The average Bonchev–Trinajstić information content (AvgIpc) is 2.48. The molecule has 106 valence electrons. The van der Waals surface area contributed by atoms with Gasteiger partial charge in [0.15, 0.2) is 0 Å². The van der Waals surface area contributed by atoms with E-state index in [9.17, 15) is 9.59 Å². The molecule has 20 heavy (non-hydrogen) atoms. The third kappa shape index (κ3) is 2.36. The quantitative estimate of drug-likeness (QED) is 0.829. The average molecular weight is 272 g/mol. The number of fused-ring (bicyclic) bond motifs is 1. The summed E-state index contributed by atoms with van der Waals surface area (Å²) in [7, 11) is 0. The Balaban J connectivity index is 1.81. The molecule has 1 aliphatic carbocycles. The molecule has 0 spiro atoms. The van der Waals surface area contributed by atoms with Gasteiger partial charge in [0, 0.05) is 12.5 Å². The number of hydrogen-bond acceptors (Lipinski definition) is 3. The lowest BCUT2D eigenvalue weighted by Gasteiger charge is -2.34. The monoisotopic (exact) mass is 272 g/mol. The van der Waals surface area contributed by atoms with Crippen LogP contribution in [0.5, 0.6) is 0 Å². The Morgan fingerprint density at radius 1 is 1.30 bits per heavy atom. The van der Waals surface area contributed by atoms with Crippen molar-refractivity contribution >= 4 is 11.8 Å². The minimum atomic E-state index is -0.258. The Kier molecular flexibility index (Phi) is 3.57. The van der Waals surface area contributed by atoms with Gasteiger partial charge in [-0.2, -0.15) is 0 Å². The van der Waals surface area contributed by atoms with E-state index < -0.39 is 0 Å². The van der Waals surface area contributed by atoms with Crippen molar-refractivity contribution in [2.75, 3.05) is 13.1 Å². The SMILES string of the molecule is CC1NCC(=O)N(CC2CCCc3ccccc32)C1=O. The first-order valence-electron chi connectivity index (χ1n) is 7.32. The van der Waals surface area contributed by atoms with Crippen molar-refractivity contribution in [3.63, 3.8) is 0 Å². The highest BCUT2D eigenvalue weighted by molar-refractivity contribution is 6.01. The van der Waals surface area contributed by atoms with Crippen LogP contribution in [0.25, 0.3) is 0 Å². The summed E-state index contributed by atoms with van der Waals surface area (Å²) >= 11 is 0. The van der Waals surface area contributed by atoms with E-state index in [1.165, 1.54) is 16.0 Å². The highest BCUT2D eigenvalue weighted by atomic mass is 16.2. The van der Waals surface area contributed by atoms with Gasteiger partial charge in [-0.15, -0.1) is 0 Å². The summed E-state index contributed by atoms with van der Waals surface area (Å²) in [4.78, 5) is 25.6. The number of benzene rings is 1. The summed E-state index contributed by atoms with van der Waals surface area (Å²) in [5.41, 5.74) is 2.68. The summed E-state index contributed by atoms with van der Waals surface area (Å²) in [6.45, 7) is 2.61. The fraction of sp³-hybridized carbons (Fsp3) is 0.500. The van der Waals surface area contributed by atoms with Crippen LogP contribution in [0.4, 0.5) is 0 Å². The number of hydrogen-bond donors (Lipinski definition) is 1. The highest BCUT2D eigenvalue weighted by Gasteiger charge is 2.33. The van der Waals surface area contributed by atoms with Gasteiger partial charge in [0.2, 0.25) is 11.8 Å². The Morgan fingerprint density at radius 2 is 2.10 bits per heavy atom. The molecule has 1 saturated heterocycles. The molecular formula is C16H20N2O2. The van der Waals surface area contributed by atoms with E-state index in [0.29, 0.717) is 6.54 Å². The van der Waals surface area contributed by atoms with E-state index in [0.717, 1.165) is 19.3 Å². The first-order valence-corrected chi connectivity index (χ1v) is 7.32. The maximum absolute atomic E-state index is 12.2. The van der Waals surface area contributed by atoms with E-state index in [-0.39, 0.29) is 30.3 Å². The first kappa shape index (κ1) is 13.3. The number of nitrogens with one attached hydrogen (secondary N) is 1. The number of carbonyl (C=O) groups is 2. The van der Waals surface area contributed by atoms with Crippen LogP contribution in [-0.2, 0) is 16.0 Å². The van der Waals surface area contributed by atoms with Crippen molar-refractivity contribution in [1.29, 1.82) is 0 Å². The summed E-state index contributed by atoms with van der Waals surface area (Å²) in [6, 6.07) is 8.14. The fourth-order valence-electron chi connectivity index (χ4n) is 3.24. The van der Waals surface area contributed by atoms with E-state index in [1.807, 2.05) is 13.0 Å². The van der Waals surface area contributed by atoms with Crippen LogP contribution in [0.2, 0.25) is 0 Å². The zero-order valence-electron chi connectivity index (χ0n) is 11.8. The van der Waals surface area contributed by atoms with E-state index in [1.54, 1.807) is 0 Å². The van der Waals surface area contributed by atoms with Gasteiger partial charge in [-0.1, -0.05) is 24.3 Å². The van der Waals surface area contributed by atoms with Crippen LogP contribution in [0.3, 0.4) is 0 Å². The molecule has 1 N–H and O–H groups in total. The fourth-order valence-corrected chi connectivity index (χ4v) is 3.24. The molecular weight excluding hydrogens is 252 g/mol. The number of aryl methyl sites for hydroxylation is 1. The van der Waals surface area contributed by atoms with Crippen LogP contribution >= 0.6 is 0 Å². The predicted octanol–water partition coefficient (Wildman–Crippen LogP) is 1.45. The van der Waals surface area contributed by atoms with Crippen LogP contribution in [0, 0.1) is 0 Å². The smallest absolute Gasteiger partial charge is 0.246 e. The number of imide groups is 1. The number of rotatable bonds is 2. The maximum atomic E-state index is 12.2. The van der Waals surface area contributed by atoms with Crippen LogP contribution in [0.15, 0.2) is 24.3 Å². The second-order valence-electron chi connectivity index (χ2n) is 5.73. The van der Waals surface area contributed by atoms with Gasteiger partial charge in [-0.3, -0.25) is 19.8 Å². The lowest BCUT2D eigenvalue weighted by molar-refractivity contribution is -0.149. The summed E-state index contributed by atoms with van der Waals surface area (Å²) in [6.07, 6.45) is 3.29. The van der Waals surface area contributed by atoms with Crippen molar-refractivity contribution in [1.82, 2.24) is 10.2 Å². The number of carbonyl (C=O) groups excluding carboxylic acids is 2. The molecule has 4 nitrogen and oxygen atoms in total. The molecule has 1 fully saturated rings. The standard InChI is InChI=1S/C16H20N2O2/c1-11-16(20)18(15(19)9-17-11)10-13-7-4-6-12-5-2-3-8-14(12)13/h2-3,5,8,11,13,17H,4,6-7,9-10H2,1H3. The number of nitrogens with zero attached hydrogens (tertiary/aromatic N) is 1. The predicted molar refractivity (Wildman–Crippen MR) is 76.3 cm³/mol. The van der Waals surface area contributed by atoms with Crippen LogP contribution in [-0.4, -0.2) is 35.8 Å². The van der Waals surface area contributed by atoms with E-state index in [4.69, 9.17) is 0 Å². The van der Waals surface area contributed by atoms with Crippen molar-refractivity contribution in [2.24, 2.45) is 0 Å². The molecule has 3 rings (SSSR count). The summed E-state index contributed by atoms with van der Waals surface area (Å²) in [5.74, 6) is 0.0959. The maximum Gasteiger partial charge on any atom is 0.246 e. The molecule has 2 aliphatic rings. The second kappa shape index (κ2) is 5.37. The zero-order chi connectivity index (χ0) is 14.1. The third-order valence-electron chi connectivity index (χ3n) is 4.39. The van der Waals surface area contributed by atoms with Gasteiger partial charge in [0.1, 0.15) is 0 Å². The van der Waals surface area contributed by atoms with E-state index in [2.05, 4.69) is 23.5 Å². The Labute approximate surface area is 119 Å². The molecule has 1 aliphatic heterocycles. The number of amides is 2. The molecule has 1 aromatic carbocycles. The first-order chi connectivity index (χ1) is 9.66. The third-order valence-corrected chi connectivity index (χ3v) is 4.39. The molecule has 2 atom stereocenters. The van der Waals surface area contributed by atoms with Gasteiger partial charge in [0.25, 0.3) is 0 Å². The summed E-state index contributed by atoms with van der Waals surface area (Å²) in [5, 5.41) is 2.93. The normalized spacial score (nSPS) is 26.6. The molecule has 2 unspecified atom stereocenters. The molecule has 0 radical (unpaired) electrons. The largest absolute Gasteiger partial charge is 0.298 e. The van der Waals surface area contributed by atoms with Crippen LogP contribution in [0.1, 0.15) is 36.8 Å². The van der Waals surface area contributed by atoms with E-state index >= 15 is 0 Å². The molecule has 0 saturated carbocycles. The Morgan fingerprint density at radius 3 is 2.95 bits per heavy atom. The topological polar surface area (TPSA) is 49.4 Å². The van der Waals surface area contributed by atoms with Crippen molar-refractivity contribution in [3.8, 4) is 0 Å². The molecule has 0 bridgehead atoms. The molecule has 1 aromatic rings. The number of piperazine rings is 1. The minimum Gasteiger partial charge on any atom is -0.298 e. The lowest BCUT2D eigenvalue weighted by Crippen LogP contribution is -2.57. The molecule has 0 aromatic heterocycles. The lowest BCUT2D eigenvalue weighted by atomic mass is 9.82. The van der Waals surface area contributed by atoms with Gasteiger partial charge in [-0.05, 0) is 37.3 Å². The van der Waals surface area contributed by atoms with Crippen molar-refractivity contribution in [2.45, 2.75) is 38.1 Å². The zero-order valence-corrected chi connectivity index (χ0v) is 11.8.